The monoisotopic (exact) mass is 696 g/mol. The molecule has 248 valence electrons. The summed E-state index contributed by atoms with van der Waals surface area (Å²) in [6.45, 7) is 0. The number of hydrogen-bond acceptors (Lipinski definition) is 6. The molecule has 6 nitrogen and oxygen atoms in total. The molecular formula is C46H28N6S. The first-order valence-corrected chi connectivity index (χ1v) is 18.2. The Balaban J connectivity index is 1.17. The van der Waals surface area contributed by atoms with Crippen LogP contribution in [0.1, 0.15) is 5.56 Å². The highest BCUT2D eigenvalue weighted by molar-refractivity contribution is 7.99. The quantitative estimate of drug-likeness (QED) is 0.178. The molecule has 0 N–H and O–H groups in total. The van der Waals surface area contributed by atoms with Crippen molar-refractivity contribution >= 4 is 50.6 Å². The van der Waals surface area contributed by atoms with Crippen molar-refractivity contribution in [3.63, 3.8) is 0 Å². The van der Waals surface area contributed by atoms with Gasteiger partial charge in [0.25, 0.3) is 0 Å². The van der Waals surface area contributed by atoms with E-state index < -0.39 is 0 Å². The van der Waals surface area contributed by atoms with Gasteiger partial charge >= 0.3 is 0 Å². The fourth-order valence-electron chi connectivity index (χ4n) is 7.24. The molecule has 0 saturated heterocycles. The van der Waals surface area contributed by atoms with Crippen molar-refractivity contribution in [2.75, 3.05) is 4.90 Å². The van der Waals surface area contributed by atoms with E-state index in [0.717, 1.165) is 55.7 Å². The van der Waals surface area contributed by atoms with Gasteiger partial charge in [-0.25, -0.2) is 15.0 Å². The highest BCUT2D eigenvalue weighted by Crippen LogP contribution is 2.53. The van der Waals surface area contributed by atoms with Crippen LogP contribution in [-0.2, 0) is 0 Å². The maximum atomic E-state index is 10.7. The van der Waals surface area contributed by atoms with Crippen LogP contribution in [0.2, 0.25) is 0 Å². The highest BCUT2D eigenvalue weighted by Gasteiger charge is 2.27. The first kappa shape index (κ1) is 30.8. The fraction of sp³-hybridized carbons (Fsp3) is 0. The lowest BCUT2D eigenvalue weighted by molar-refractivity contribution is 1.07. The van der Waals surface area contributed by atoms with Crippen molar-refractivity contribution < 1.29 is 0 Å². The third kappa shape index (κ3) is 5.24. The third-order valence-electron chi connectivity index (χ3n) is 9.66. The summed E-state index contributed by atoms with van der Waals surface area (Å²) in [5.41, 5.74) is 9.24. The van der Waals surface area contributed by atoms with Gasteiger partial charge in [-0.2, -0.15) is 5.26 Å². The fourth-order valence-corrected chi connectivity index (χ4v) is 8.32. The molecule has 0 unspecified atom stereocenters. The van der Waals surface area contributed by atoms with Gasteiger partial charge in [0, 0.05) is 48.6 Å². The number of para-hydroxylation sites is 3. The molecule has 0 fully saturated rings. The molecule has 7 heteroatoms. The van der Waals surface area contributed by atoms with Crippen molar-refractivity contribution in [1.29, 1.82) is 5.26 Å². The molecule has 0 spiro atoms. The van der Waals surface area contributed by atoms with Crippen LogP contribution < -0.4 is 4.90 Å². The van der Waals surface area contributed by atoms with Crippen LogP contribution in [0, 0.1) is 11.3 Å². The lowest BCUT2D eigenvalue weighted by Crippen LogP contribution is -2.14. The lowest BCUT2D eigenvalue weighted by atomic mass is 10.1. The largest absolute Gasteiger partial charge is 0.309 e. The Morgan fingerprint density at radius 1 is 0.472 bits per heavy atom. The minimum Gasteiger partial charge on any atom is -0.309 e. The van der Waals surface area contributed by atoms with Gasteiger partial charge in [-0.3, -0.25) is 0 Å². The van der Waals surface area contributed by atoms with Gasteiger partial charge in [-0.15, -0.1) is 0 Å². The van der Waals surface area contributed by atoms with Crippen LogP contribution in [-0.4, -0.2) is 19.5 Å². The molecule has 1 aliphatic heterocycles. The van der Waals surface area contributed by atoms with Gasteiger partial charge in [0.15, 0.2) is 17.5 Å². The van der Waals surface area contributed by atoms with Crippen LogP contribution in [0.25, 0.3) is 61.7 Å². The summed E-state index contributed by atoms with van der Waals surface area (Å²) in [6.07, 6.45) is 0. The van der Waals surface area contributed by atoms with Crippen LogP contribution in [0.15, 0.2) is 180 Å². The molecule has 0 amide bonds. The zero-order valence-electron chi connectivity index (χ0n) is 28.3. The van der Waals surface area contributed by atoms with E-state index in [1.807, 2.05) is 72.8 Å². The Labute approximate surface area is 310 Å². The molecule has 53 heavy (non-hydrogen) atoms. The van der Waals surface area contributed by atoms with E-state index >= 15 is 0 Å². The van der Waals surface area contributed by atoms with Crippen LogP contribution in [0.3, 0.4) is 0 Å². The van der Waals surface area contributed by atoms with Crippen LogP contribution >= 0.6 is 11.8 Å². The average molecular weight is 697 g/mol. The summed E-state index contributed by atoms with van der Waals surface area (Å²) < 4.78 is 2.27. The molecule has 2 aromatic heterocycles. The molecular weight excluding hydrogens is 669 g/mol. The second kappa shape index (κ2) is 12.6. The minimum absolute atomic E-state index is 0.450. The van der Waals surface area contributed by atoms with Crippen molar-refractivity contribution in [3.05, 3.63) is 175 Å². The molecule has 0 aliphatic carbocycles. The smallest absolute Gasteiger partial charge is 0.165 e. The Morgan fingerprint density at radius 3 is 1.81 bits per heavy atom. The molecule has 0 saturated carbocycles. The van der Waals surface area contributed by atoms with E-state index in [0.29, 0.717) is 28.6 Å². The maximum Gasteiger partial charge on any atom is 0.165 e. The van der Waals surface area contributed by atoms with Gasteiger partial charge in [-0.1, -0.05) is 121 Å². The van der Waals surface area contributed by atoms with E-state index in [9.17, 15) is 5.26 Å². The van der Waals surface area contributed by atoms with Crippen molar-refractivity contribution in [2.24, 2.45) is 0 Å². The normalized spacial score (nSPS) is 12.0. The topological polar surface area (TPSA) is 70.6 Å². The van der Waals surface area contributed by atoms with Crippen molar-refractivity contribution in [1.82, 2.24) is 19.5 Å². The standard InChI is InChI=1S/C46H28N6S/c47-29-32-26-34(24-25-35(32)46-49-44(30-14-4-1-5-15-30)48-45(50-46)31-16-6-2-7-17-31)52-38-21-11-10-20-36(38)37-27-43-41(28-40(37)52)51(33-18-8-3-9-19-33)39-22-12-13-23-42(39)53-43/h1-28H. The molecule has 10 rings (SSSR count). The Bertz CT molecular complexity index is 2820. The third-order valence-corrected chi connectivity index (χ3v) is 10.8. The number of nitriles is 1. The number of hydrogen-bond donors (Lipinski definition) is 0. The van der Waals surface area contributed by atoms with E-state index in [-0.39, 0.29) is 0 Å². The van der Waals surface area contributed by atoms with E-state index in [4.69, 9.17) is 15.0 Å². The van der Waals surface area contributed by atoms with Gasteiger partial charge in [0.1, 0.15) is 0 Å². The molecule has 9 aromatic rings. The van der Waals surface area contributed by atoms with Gasteiger partial charge < -0.3 is 9.47 Å². The average Bonchev–Trinajstić information content (AvgIpc) is 3.55. The number of benzene rings is 7. The van der Waals surface area contributed by atoms with Gasteiger partial charge in [-0.05, 0) is 60.7 Å². The SMILES string of the molecule is N#Cc1cc(-n2c3ccccc3c3cc4c(cc32)N(c2ccccc2)c2ccccc2S4)ccc1-c1nc(-c2ccccc2)nc(-c2ccccc2)n1. The Morgan fingerprint density at radius 2 is 1.09 bits per heavy atom. The summed E-state index contributed by atoms with van der Waals surface area (Å²) >= 11 is 1.80. The van der Waals surface area contributed by atoms with Crippen LogP contribution in [0.4, 0.5) is 17.1 Å². The predicted molar refractivity (Wildman–Crippen MR) is 214 cm³/mol. The first-order chi connectivity index (χ1) is 26.2. The number of aromatic nitrogens is 4. The number of fused-ring (bicyclic) bond motifs is 5. The number of nitrogens with zero attached hydrogens (tertiary/aromatic N) is 6. The zero-order valence-corrected chi connectivity index (χ0v) is 29.1. The summed E-state index contributed by atoms with van der Waals surface area (Å²) in [5, 5.41) is 13.0. The second-order valence-electron chi connectivity index (χ2n) is 12.8. The summed E-state index contributed by atoms with van der Waals surface area (Å²) in [6, 6.07) is 60.4. The minimum atomic E-state index is 0.450. The second-order valence-corrected chi connectivity index (χ2v) is 13.9. The van der Waals surface area contributed by atoms with E-state index in [1.54, 1.807) is 11.8 Å². The zero-order chi connectivity index (χ0) is 35.3. The number of anilines is 3. The predicted octanol–water partition coefficient (Wildman–Crippen LogP) is 11.8. The molecule has 0 atom stereocenters. The summed E-state index contributed by atoms with van der Waals surface area (Å²) in [4.78, 5) is 19.4. The summed E-state index contributed by atoms with van der Waals surface area (Å²) in [7, 11) is 0. The van der Waals surface area contributed by atoms with E-state index in [2.05, 4.69) is 113 Å². The molecule has 3 heterocycles. The molecule has 0 bridgehead atoms. The van der Waals surface area contributed by atoms with Gasteiger partial charge in [0.05, 0.1) is 34.0 Å². The lowest BCUT2D eigenvalue weighted by Gasteiger charge is -2.33. The van der Waals surface area contributed by atoms with Gasteiger partial charge in [0.2, 0.25) is 0 Å². The molecule has 0 radical (unpaired) electrons. The summed E-state index contributed by atoms with van der Waals surface area (Å²) in [5.74, 6) is 1.56. The van der Waals surface area contributed by atoms with Crippen LogP contribution in [0.5, 0.6) is 0 Å². The van der Waals surface area contributed by atoms with E-state index in [1.165, 1.54) is 9.79 Å². The molecule has 7 aromatic carbocycles. The Kier molecular flexibility index (Phi) is 7.34. The number of rotatable bonds is 5. The molecule has 1 aliphatic rings. The van der Waals surface area contributed by atoms with Crippen molar-refractivity contribution in [2.45, 2.75) is 9.79 Å². The maximum absolute atomic E-state index is 10.7. The highest BCUT2D eigenvalue weighted by atomic mass is 32.2. The Hall–Kier alpha value is -7.01. The van der Waals surface area contributed by atoms with Crippen molar-refractivity contribution in [3.8, 4) is 45.9 Å². The first-order valence-electron chi connectivity index (χ1n) is 17.3.